The van der Waals surface area contributed by atoms with Crippen LogP contribution in [-0.4, -0.2) is 18.3 Å². The first kappa shape index (κ1) is 18.3. The van der Waals surface area contributed by atoms with Crippen molar-refractivity contribution in [3.05, 3.63) is 28.8 Å². The molecule has 0 saturated heterocycles. The molecule has 2 nitrogen and oxygen atoms in total. The minimum atomic E-state index is 0.0689. The van der Waals surface area contributed by atoms with Crippen LogP contribution in [-0.2, 0) is 0 Å². The average Bonchev–Trinajstić information content (AvgIpc) is 2.81. The van der Waals surface area contributed by atoms with Gasteiger partial charge in [-0.2, -0.15) is 0 Å². The van der Waals surface area contributed by atoms with Crippen LogP contribution >= 0.6 is 0 Å². The van der Waals surface area contributed by atoms with Gasteiger partial charge in [-0.05, 0) is 47.3 Å². The maximum atomic E-state index is 9.15. The molecule has 0 spiro atoms. The van der Waals surface area contributed by atoms with Crippen LogP contribution in [0.15, 0.2) is 12.1 Å². The second-order valence-electron chi connectivity index (χ2n) is 7.60. The van der Waals surface area contributed by atoms with Crippen LogP contribution < -0.4 is 4.74 Å². The Labute approximate surface area is 142 Å². The monoisotopic (exact) mass is 318 g/mol. The van der Waals surface area contributed by atoms with E-state index in [9.17, 15) is 0 Å². The summed E-state index contributed by atoms with van der Waals surface area (Å²) in [5.41, 5.74) is 4.13. The lowest BCUT2D eigenvalue weighted by Crippen LogP contribution is -2.10. The molecule has 0 aromatic heterocycles. The van der Waals surface area contributed by atoms with Crippen molar-refractivity contribution >= 4 is 0 Å². The van der Waals surface area contributed by atoms with Gasteiger partial charge in [0, 0.05) is 0 Å². The van der Waals surface area contributed by atoms with E-state index >= 15 is 0 Å². The maximum absolute atomic E-state index is 9.15. The van der Waals surface area contributed by atoms with Gasteiger partial charge in [-0.25, -0.2) is 0 Å². The second kappa shape index (κ2) is 8.73. The van der Waals surface area contributed by atoms with Gasteiger partial charge in [0.05, 0.1) is 6.61 Å². The Kier molecular flexibility index (Phi) is 6.95. The van der Waals surface area contributed by atoms with Crippen molar-refractivity contribution in [2.24, 2.45) is 0 Å². The van der Waals surface area contributed by atoms with Gasteiger partial charge < -0.3 is 9.84 Å². The predicted molar refractivity (Wildman–Crippen MR) is 97.6 cm³/mol. The Hall–Kier alpha value is -1.02. The average molecular weight is 319 g/mol. The van der Waals surface area contributed by atoms with Crippen molar-refractivity contribution in [3.63, 3.8) is 0 Å². The van der Waals surface area contributed by atoms with E-state index in [1.165, 1.54) is 55.2 Å². The van der Waals surface area contributed by atoms with Crippen LogP contribution in [0.5, 0.6) is 5.75 Å². The van der Waals surface area contributed by atoms with E-state index < -0.39 is 0 Å². The number of rotatable bonds is 6. The van der Waals surface area contributed by atoms with Crippen LogP contribution in [0.3, 0.4) is 0 Å². The lowest BCUT2D eigenvalue weighted by Gasteiger charge is -2.24. The molecule has 2 rings (SSSR count). The zero-order valence-corrected chi connectivity index (χ0v) is 15.4. The van der Waals surface area contributed by atoms with Crippen LogP contribution in [0.25, 0.3) is 0 Å². The summed E-state index contributed by atoms with van der Waals surface area (Å²) in [6, 6.07) is 4.78. The second-order valence-corrected chi connectivity index (χ2v) is 7.60. The number of hydrogen-bond acceptors (Lipinski definition) is 2. The number of ether oxygens (including phenoxy) is 1. The highest BCUT2D eigenvalue weighted by atomic mass is 16.5. The molecule has 1 aromatic carbocycles. The van der Waals surface area contributed by atoms with Gasteiger partial charge >= 0.3 is 0 Å². The van der Waals surface area contributed by atoms with E-state index in [2.05, 4.69) is 39.8 Å². The summed E-state index contributed by atoms with van der Waals surface area (Å²) in [6.45, 7) is 9.40. The third-order valence-corrected chi connectivity index (χ3v) is 5.08. The van der Waals surface area contributed by atoms with Gasteiger partial charge in [0.1, 0.15) is 12.4 Å². The third kappa shape index (κ3) is 4.73. The molecule has 2 heteroatoms. The SMILES string of the molecule is CC(C)c1cc(C2CCCCCC2)cc(C(C)C)c1OCCO. The molecule has 1 aliphatic carbocycles. The standard InChI is InChI=1S/C21H34O2/c1-15(2)19-13-18(17-9-7-5-6-8-10-17)14-20(16(3)4)21(19)23-12-11-22/h13-17,22H,5-12H2,1-4H3. The van der Waals surface area contributed by atoms with E-state index in [4.69, 9.17) is 9.84 Å². The Morgan fingerprint density at radius 2 is 1.48 bits per heavy atom. The van der Waals surface area contributed by atoms with Crippen molar-refractivity contribution < 1.29 is 9.84 Å². The fraction of sp³-hybridized carbons (Fsp3) is 0.714. The quantitative estimate of drug-likeness (QED) is 0.677. The Morgan fingerprint density at radius 3 is 1.91 bits per heavy atom. The Morgan fingerprint density at radius 1 is 0.957 bits per heavy atom. The van der Waals surface area contributed by atoms with Crippen LogP contribution in [0, 0.1) is 0 Å². The number of benzene rings is 1. The maximum Gasteiger partial charge on any atom is 0.126 e. The molecule has 0 heterocycles. The van der Waals surface area contributed by atoms with Gasteiger partial charge in [0.25, 0.3) is 0 Å². The zero-order valence-electron chi connectivity index (χ0n) is 15.4. The molecule has 1 saturated carbocycles. The van der Waals surface area contributed by atoms with E-state index in [-0.39, 0.29) is 6.61 Å². The van der Waals surface area contributed by atoms with Crippen molar-refractivity contribution in [1.29, 1.82) is 0 Å². The normalized spacial score (nSPS) is 16.8. The molecule has 1 aromatic rings. The molecule has 0 amide bonds. The highest BCUT2D eigenvalue weighted by Gasteiger charge is 2.21. The first-order chi connectivity index (χ1) is 11.0. The summed E-state index contributed by atoms with van der Waals surface area (Å²) in [6.07, 6.45) is 8.16. The molecule has 23 heavy (non-hydrogen) atoms. The van der Waals surface area contributed by atoms with E-state index in [0.717, 1.165) is 5.75 Å². The van der Waals surface area contributed by atoms with Crippen molar-refractivity contribution in [3.8, 4) is 5.75 Å². The number of aliphatic hydroxyl groups is 1. The molecule has 1 fully saturated rings. The summed E-state index contributed by atoms with van der Waals surface area (Å²) in [5, 5.41) is 9.15. The fourth-order valence-corrected chi connectivity index (χ4v) is 3.72. The van der Waals surface area contributed by atoms with Crippen LogP contribution in [0.4, 0.5) is 0 Å². The van der Waals surface area contributed by atoms with Crippen LogP contribution in [0.1, 0.15) is 101 Å². The van der Waals surface area contributed by atoms with Crippen molar-refractivity contribution in [1.82, 2.24) is 0 Å². The topological polar surface area (TPSA) is 29.5 Å². The molecule has 0 bridgehead atoms. The summed E-state index contributed by atoms with van der Waals surface area (Å²) >= 11 is 0. The van der Waals surface area contributed by atoms with Crippen LogP contribution in [0.2, 0.25) is 0 Å². The molecular formula is C21H34O2. The van der Waals surface area contributed by atoms with E-state index in [0.29, 0.717) is 24.4 Å². The van der Waals surface area contributed by atoms with Crippen molar-refractivity contribution in [2.45, 2.75) is 84.0 Å². The van der Waals surface area contributed by atoms with Gasteiger partial charge in [-0.15, -0.1) is 0 Å². The molecular weight excluding hydrogens is 284 g/mol. The summed E-state index contributed by atoms with van der Waals surface area (Å²) < 4.78 is 5.96. The highest BCUT2D eigenvalue weighted by molar-refractivity contribution is 5.48. The predicted octanol–water partition coefficient (Wildman–Crippen LogP) is 5.74. The molecule has 0 unspecified atom stereocenters. The first-order valence-electron chi connectivity index (χ1n) is 9.46. The van der Waals surface area contributed by atoms with Gasteiger partial charge in [-0.1, -0.05) is 65.5 Å². The third-order valence-electron chi connectivity index (χ3n) is 5.08. The first-order valence-corrected chi connectivity index (χ1v) is 9.46. The molecule has 0 aliphatic heterocycles. The fourth-order valence-electron chi connectivity index (χ4n) is 3.72. The number of aliphatic hydroxyl groups excluding tert-OH is 1. The molecule has 0 radical (unpaired) electrons. The minimum absolute atomic E-state index is 0.0689. The molecule has 0 atom stereocenters. The lowest BCUT2D eigenvalue weighted by atomic mass is 9.84. The van der Waals surface area contributed by atoms with E-state index in [1.54, 1.807) is 0 Å². The summed E-state index contributed by atoms with van der Waals surface area (Å²) in [5.74, 6) is 2.60. The van der Waals surface area contributed by atoms with Gasteiger partial charge in [0.2, 0.25) is 0 Å². The lowest BCUT2D eigenvalue weighted by molar-refractivity contribution is 0.198. The summed E-state index contributed by atoms with van der Waals surface area (Å²) in [4.78, 5) is 0. The minimum Gasteiger partial charge on any atom is -0.491 e. The number of hydrogen-bond donors (Lipinski definition) is 1. The highest BCUT2D eigenvalue weighted by Crippen LogP contribution is 2.40. The summed E-state index contributed by atoms with van der Waals surface area (Å²) in [7, 11) is 0. The Balaban J connectivity index is 2.43. The van der Waals surface area contributed by atoms with E-state index in [1.807, 2.05) is 0 Å². The Bertz CT molecular complexity index is 454. The van der Waals surface area contributed by atoms with Crippen molar-refractivity contribution in [2.75, 3.05) is 13.2 Å². The molecule has 130 valence electrons. The smallest absolute Gasteiger partial charge is 0.126 e. The molecule has 1 N–H and O–H groups in total. The van der Waals surface area contributed by atoms with Gasteiger partial charge in [0.15, 0.2) is 0 Å². The zero-order chi connectivity index (χ0) is 16.8. The molecule has 1 aliphatic rings. The van der Waals surface area contributed by atoms with Gasteiger partial charge in [-0.3, -0.25) is 0 Å². The largest absolute Gasteiger partial charge is 0.491 e.